The minimum absolute atomic E-state index is 0.0740. The van der Waals surface area contributed by atoms with Crippen LogP contribution in [-0.2, 0) is 27.4 Å². The molecule has 1 N–H and O–H groups in total. The third-order valence-corrected chi connectivity index (χ3v) is 4.94. The summed E-state index contributed by atoms with van der Waals surface area (Å²) >= 11 is 0. The van der Waals surface area contributed by atoms with E-state index in [1.165, 1.54) is 0 Å². The topological polar surface area (TPSA) is 114 Å². The van der Waals surface area contributed by atoms with E-state index < -0.39 is 12.1 Å². The van der Waals surface area contributed by atoms with Crippen molar-refractivity contribution in [1.82, 2.24) is 24.6 Å². The smallest absolute Gasteiger partial charge is 0.475 e. The van der Waals surface area contributed by atoms with E-state index in [2.05, 4.69) is 20.0 Å². The molecule has 0 aliphatic carbocycles. The molecule has 174 valence electrons. The van der Waals surface area contributed by atoms with E-state index >= 15 is 0 Å². The van der Waals surface area contributed by atoms with Crippen molar-refractivity contribution >= 4 is 17.8 Å². The highest BCUT2D eigenvalue weighted by Crippen LogP contribution is 2.18. The quantitative estimate of drug-likeness (QED) is 0.733. The average Bonchev–Trinajstić information content (AvgIpc) is 3.41. The van der Waals surface area contributed by atoms with Gasteiger partial charge in [-0.3, -0.25) is 9.48 Å². The van der Waals surface area contributed by atoms with Gasteiger partial charge in [0.1, 0.15) is 6.61 Å². The van der Waals surface area contributed by atoms with Gasteiger partial charge in [0.15, 0.2) is 0 Å². The Balaban J connectivity index is 0.000000360. The zero-order valence-corrected chi connectivity index (χ0v) is 17.1. The number of alkyl halides is 3. The number of hydrogen-bond acceptors (Lipinski definition) is 7. The van der Waals surface area contributed by atoms with Gasteiger partial charge in [-0.25, -0.2) is 14.8 Å². The lowest BCUT2D eigenvalue weighted by molar-refractivity contribution is -0.192. The Morgan fingerprint density at radius 1 is 1.12 bits per heavy atom. The molecular formula is C19H23F3N6O4. The van der Waals surface area contributed by atoms with Gasteiger partial charge in [-0.05, 0) is 25.0 Å². The Kier molecular flexibility index (Phi) is 7.62. The number of carboxylic acids is 1. The summed E-state index contributed by atoms with van der Waals surface area (Å²) in [4.78, 5) is 33.8. The largest absolute Gasteiger partial charge is 0.490 e. The van der Waals surface area contributed by atoms with Crippen LogP contribution in [0.15, 0.2) is 30.7 Å². The number of ether oxygens (including phenoxy) is 1. The predicted molar refractivity (Wildman–Crippen MR) is 105 cm³/mol. The first-order valence-corrected chi connectivity index (χ1v) is 9.96. The maximum atomic E-state index is 12.3. The number of fused-ring (bicyclic) bond motifs is 1. The predicted octanol–water partition coefficient (Wildman–Crippen LogP) is 1.33. The number of likely N-dealkylation sites (tertiary alicyclic amines) is 1. The highest BCUT2D eigenvalue weighted by Gasteiger charge is 2.38. The zero-order valence-electron chi connectivity index (χ0n) is 17.1. The summed E-state index contributed by atoms with van der Waals surface area (Å²) in [7, 11) is 0. The van der Waals surface area contributed by atoms with Crippen molar-refractivity contribution in [1.29, 1.82) is 0 Å². The van der Waals surface area contributed by atoms with Gasteiger partial charge >= 0.3 is 12.1 Å². The number of rotatable bonds is 4. The highest BCUT2D eigenvalue weighted by atomic mass is 19.4. The van der Waals surface area contributed by atoms with Gasteiger partial charge in [0.05, 0.1) is 24.9 Å². The van der Waals surface area contributed by atoms with Gasteiger partial charge in [0.25, 0.3) is 0 Å². The van der Waals surface area contributed by atoms with Crippen molar-refractivity contribution in [2.45, 2.75) is 38.2 Å². The molecule has 32 heavy (non-hydrogen) atoms. The average molecular weight is 456 g/mol. The Morgan fingerprint density at radius 3 is 2.41 bits per heavy atom. The lowest BCUT2D eigenvalue weighted by Gasteiger charge is -2.24. The minimum atomic E-state index is -5.08. The standard InChI is InChI=1S/C17H22N6O2.C2HF3O2/c24-16(21-8-1-2-9-21)13-25-15-11-22(17-18-5-3-6-19-17)10-14-4-7-20-23(14)12-15;3-2(4,5)1(6)7/h3-7,15H,1-2,8-13H2;(H,6,7). The second kappa shape index (κ2) is 10.4. The molecule has 1 fully saturated rings. The SMILES string of the molecule is O=C(COC1CN(c2ncccn2)Cc2ccnn2C1)N1CCCC1.O=C(O)C(F)(F)F. The minimum Gasteiger partial charge on any atom is -0.475 e. The Morgan fingerprint density at radius 2 is 1.78 bits per heavy atom. The molecule has 0 aromatic carbocycles. The van der Waals surface area contributed by atoms with Crippen molar-refractivity contribution in [2.75, 3.05) is 31.1 Å². The van der Waals surface area contributed by atoms with Crippen LogP contribution < -0.4 is 4.90 Å². The first-order valence-electron chi connectivity index (χ1n) is 9.96. The number of anilines is 1. The van der Waals surface area contributed by atoms with E-state index in [-0.39, 0.29) is 18.6 Å². The molecule has 2 aromatic rings. The molecule has 1 saturated heterocycles. The van der Waals surface area contributed by atoms with Gasteiger partial charge in [-0.15, -0.1) is 0 Å². The van der Waals surface area contributed by atoms with E-state index in [4.69, 9.17) is 14.6 Å². The van der Waals surface area contributed by atoms with Crippen LogP contribution in [0.4, 0.5) is 19.1 Å². The normalized spacial score (nSPS) is 18.4. The number of carbonyl (C=O) groups excluding carboxylic acids is 1. The molecule has 2 aliphatic rings. The van der Waals surface area contributed by atoms with Crippen molar-refractivity contribution in [3.63, 3.8) is 0 Å². The molecule has 13 heteroatoms. The second-order valence-electron chi connectivity index (χ2n) is 7.26. The number of aromatic nitrogens is 4. The molecule has 0 spiro atoms. The molecule has 4 heterocycles. The molecule has 0 radical (unpaired) electrons. The summed E-state index contributed by atoms with van der Waals surface area (Å²) in [6.07, 6.45) is 2.21. The van der Waals surface area contributed by atoms with Gasteiger partial charge in [0, 0.05) is 38.2 Å². The second-order valence-corrected chi connectivity index (χ2v) is 7.26. The maximum Gasteiger partial charge on any atom is 0.490 e. The number of carbonyl (C=O) groups is 2. The van der Waals surface area contributed by atoms with E-state index in [0.29, 0.717) is 25.6 Å². The molecule has 0 saturated carbocycles. The Labute approximate surface area is 181 Å². The van der Waals surface area contributed by atoms with Gasteiger partial charge < -0.3 is 19.6 Å². The van der Waals surface area contributed by atoms with Crippen LogP contribution >= 0.6 is 0 Å². The molecule has 4 rings (SSSR count). The van der Waals surface area contributed by atoms with Crippen molar-refractivity contribution < 1.29 is 32.6 Å². The van der Waals surface area contributed by atoms with Crippen LogP contribution in [0, 0.1) is 0 Å². The van der Waals surface area contributed by atoms with Crippen LogP contribution in [0.25, 0.3) is 0 Å². The summed E-state index contributed by atoms with van der Waals surface area (Å²) in [6.45, 7) is 3.73. The highest BCUT2D eigenvalue weighted by molar-refractivity contribution is 5.77. The number of carboxylic acid groups (broad SMARTS) is 1. The summed E-state index contributed by atoms with van der Waals surface area (Å²) in [5.41, 5.74) is 1.09. The zero-order chi connectivity index (χ0) is 23.1. The van der Waals surface area contributed by atoms with Crippen LogP contribution in [0.2, 0.25) is 0 Å². The molecule has 1 amide bonds. The van der Waals surface area contributed by atoms with Gasteiger partial charge in [-0.2, -0.15) is 18.3 Å². The van der Waals surface area contributed by atoms with Crippen LogP contribution in [0.5, 0.6) is 0 Å². The third kappa shape index (κ3) is 6.39. The third-order valence-electron chi connectivity index (χ3n) is 4.94. The van der Waals surface area contributed by atoms with E-state index in [1.54, 1.807) is 24.7 Å². The van der Waals surface area contributed by atoms with Crippen molar-refractivity contribution in [3.8, 4) is 0 Å². The fourth-order valence-electron chi connectivity index (χ4n) is 3.37. The molecule has 0 bridgehead atoms. The molecule has 1 atom stereocenters. The fraction of sp³-hybridized carbons (Fsp3) is 0.526. The molecule has 10 nitrogen and oxygen atoms in total. The Bertz CT molecular complexity index is 902. The van der Waals surface area contributed by atoms with E-state index in [1.807, 2.05) is 15.6 Å². The van der Waals surface area contributed by atoms with Crippen LogP contribution in [-0.4, -0.2) is 80.2 Å². The molecule has 2 aliphatic heterocycles. The van der Waals surface area contributed by atoms with Crippen LogP contribution in [0.1, 0.15) is 18.5 Å². The summed E-state index contributed by atoms with van der Waals surface area (Å²) in [5, 5.41) is 11.5. The summed E-state index contributed by atoms with van der Waals surface area (Å²) < 4.78 is 39.6. The molecule has 2 aromatic heterocycles. The number of hydrogen-bond donors (Lipinski definition) is 1. The maximum absolute atomic E-state index is 12.3. The van der Waals surface area contributed by atoms with Gasteiger partial charge in [0.2, 0.25) is 11.9 Å². The summed E-state index contributed by atoms with van der Waals surface area (Å²) in [5.74, 6) is -2.02. The summed E-state index contributed by atoms with van der Waals surface area (Å²) in [6, 6.07) is 3.79. The number of nitrogens with zero attached hydrogens (tertiary/aromatic N) is 6. The Hall–Kier alpha value is -3.22. The van der Waals surface area contributed by atoms with E-state index in [9.17, 15) is 18.0 Å². The van der Waals surface area contributed by atoms with Crippen LogP contribution in [0.3, 0.4) is 0 Å². The number of aliphatic carboxylic acids is 1. The number of amides is 1. The first-order chi connectivity index (χ1) is 15.2. The number of halogens is 3. The monoisotopic (exact) mass is 456 g/mol. The lowest BCUT2D eigenvalue weighted by atomic mass is 10.3. The van der Waals surface area contributed by atoms with Gasteiger partial charge in [-0.1, -0.05) is 0 Å². The fourth-order valence-corrected chi connectivity index (χ4v) is 3.37. The van der Waals surface area contributed by atoms with E-state index in [0.717, 1.165) is 31.6 Å². The lowest BCUT2D eigenvalue weighted by Crippen LogP contribution is -2.38. The molecular weight excluding hydrogens is 433 g/mol. The van der Waals surface area contributed by atoms with Crippen molar-refractivity contribution in [3.05, 3.63) is 36.4 Å². The van der Waals surface area contributed by atoms with Crippen molar-refractivity contribution in [2.24, 2.45) is 0 Å². The molecule has 1 unspecified atom stereocenters. The first kappa shape index (κ1) is 23.4.